The Morgan fingerprint density at radius 2 is 1.75 bits per heavy atom. The van der Waals surface area contributed by atoms with Crippen LogP contribution in [0.1, 0.15) is 17.3 Å². The van der Waals surface area contributed by atoms with Gasteiger partial charge in [0.2, 0.25) is 5.91 Å². The first-order chi connectivity index (χ1) is 11.4. The molecule has 0 bridgehead atoms. The summed E-state index contributed by atoms with van der Waals surface area (Å²) in [6.45, 7) is 1.34. The largest absolute Gasteiger partial charge is 0.497 e. The van der Waals surface area contributed by atoms with E-state index in [4.69, 9.17) is 9.47 Å². The maximum Gasteiger partial charge on any atom is 0.259 e. The molecule has 6 nitrogen and oxygen atoms in total. The third-order valence-corrected chi connectivity index (χ3v) is 3.19. The molecule has 2 aromatic carbocycles. The number of anilines is 2. The van der Waals surface area contributed by atoms with Crippen LogP contribution in [-0.4, -0.2) is 26.0 Å². The summed E-state index contributed by atoms with van der Waals surface area (Å²) in [5, 5.41) is 4.99. The summed E-state index contributed by atoms with van der Waals surface area (Å²) in [6.07, 6.45) is 0. The Balaban J connectivity index is 2.31. The quantitative estimate of drug-likeness (QED) is 0.882. The van der Waals surface area contributed by atoms with Crippen LogP contribution in [0.15, 0.2) is 36.4 Å². The molecule has 2 amide bonds. The minimum Gasteiger partial charge on any atom is -0.497 e. The predicted octanol–water partition coefficient (Wildman–Crippen LogP) is 3.05. The smallest absolute Gasteiger partial charge is 0.259 e. The second kappa shape index (κ2) is 7.45. The van der Waals surface area contributed by atoms with Crippen molar-refractivity contribution in [1.82, 2.24) is 0 Å². The number of halogens is 1. The lowest BCUT2D eigenvalue weighted by molar-refractivity contribution is -0.114. The van der Waals surface area contributed by atoms with Crippen molar-refractivity contribution in [2.75, 3.05) is 24.9 Å². The van der Waals surface area contributed by atoms with Gasteiger partial charge < -0.3 is 20.1 Å². The molecule has 2 aromatic rings. The molecule has 0 radical (unpaired) electrons. The SMILES string of the molecule is COc1ccc(OC)c(C(=O)Nc2cc(NC(C)=O)ccc2F)c1. The van der Waals surface area contributed by atoms with E-state index in [9.17, 15) is 14.0 Å². The Hall–Kier alpha value is -3.09. The highest BCUT2D eigenvalue weighted by molar-refractivity contribution is 6.07. The van der Waals surface area contributed by atoms with E-state index < -0.39 is 11.7 Å². The molecule has 0 aliphatic heterocycles. The van der Waals surface area contributed by atoms with Crippen molar-refractivity contribution in [1.29, 1.82) is 0 Å². The molecule has 2 rings (SSSR count). The number of hydrogen-bond donors (Lipinski definition) is 2. The van der Waals surface area contributed by atoms with Gasteiger partial charge >= 0.3 is 0 Å². The summed E-state index contributed by atoms with van der Waals surface area (Å²) in [5.74, 6) is -0.697. The maximum absolute atomic E-state index is 13.9. The van der Waals surface area contributed by atoms with E-state index in [1.54, 1.807) is 12.1 Å². The monoisotopic (exact) mass is 332 g/mol. The molecule has 126 valence electrons. The molecule has 0 saturated heterocycles. The summed E-state index contributed by atoms with van der Waals surface area (Å²) in [7, 11) is 2.90. The van der Waals surface area contributed by atoms with Gasteiger partial charge in [-0.15, -0.1) is 0 Å². The highest BCUT2D eigenvalue weighted by Crippen LogP contribution is 2.26. The van der Waals surface area contributed by atoms with Crippen LogP contribution in [0.3, 0.4) is 0 Å². The van der Waals surface area contributed by atoms with Crippen molar-refractivity contribution in [2.45, 2.75) is 6.92 Å². The van der Waals surface area contributed by atoms with Gasteiger partial charge in [-0.1, -0.05) is 0 Å². The normalized spacial score (nSPS) is 10.0. The van der Waals surface area contributed by atoms with Gasteiger partial charge in [-0.25, -0.2) is 4.39 Å². The second-order valence-corrected chi connectivity index (χ2v) is 4.90. The molecular formula is C17H17FN2O4. The molecule has 0 aliphatic carbocycles. The van der Waals surface area contributed by atoms with Crippen molar-refractivity contribution in [3.8, 4) is 11.5 Å². The molecule has 7 heteroatoms. The summed E-state index contributed by atoms with van der Waals surface area (Å²) in [6, 6.07) is 8.61. The van der Waals surface area contributed by atoms with Crippen molar-refractivity contribution in [3.05, 3.63) is 47.8 Å². The van der Waals surface area contributed by atoms with Gasteiger partial charge in [0, 0.05) is 12.6 Å². The first-order valence-electron chi connectivity index (χ1n) is 7.05. The zero-order chi connectivity index (χ0) is 17.7. The number of nitrogens with one attached hydrogen (secondary N) is 2. The number of hydrogen-bond acceptors (Lipinski definition) is 4. The van der Waals surface area contributed by atoms with E-state index in [0.29, 0.717) is 17.2 Å². The second-order valence-electron chi connectivity index (χ2n) is 4.90. The van der Waals surface area contributed by atoms with Gasteiger partial charge in [0.15, 0.2) is 0 Å². The highest BCUT2D eigenvalue weighted by Gasteiger charge is 2.16. The van der Waals surface area contributed by atoms with Crippen LogP contribution in [-0.2, 0) is 4.79 Å². The number of amides is 2. The van der Waals surface area contributed by atoms with Crippen LogP contribution in [0, 0.1) is 5.82 Å². The first kappa shape index (κ1) is 17.3. The van der Waals surface area contributed by atoms with Crippen LogP contribution in [0.5, 0.6) is 11.5 Å². The Bertz CT molecular complexity index is 777. The van der Waals surface area contributed by atoms with Crippen LogP contribution in [0.2, 0.25) is 0 Å². The molecule has 0 spiro atoms. The van der Waals surface area contributed by atoms with Gasteiger partial charge in [0.25, 0.3) is 5.91 Å². The van der Waals surface area contributed by atoms with Gasteiger partial charge in [-0.2, -0.15) is 0 Å². The molecule has 0 fully saturated rings. The molecular weight excluding hydrogens is 315 g/mol. The topological polar surface area (TPSA) is 76.7 Å². The van der Waals surface area contributed by atoms with E-state index >= 15 is 0 Å². The van der Waals surface area contributed by atoms with Crippen LogP contribution in [0.25, 0.3) is 0 Å². The molecule has 0 aromatic heterocycles. The number of rotatable bonds is 5. The fraction of sp³-hybridized carbons (Fsp3) is 0.176. The molecule has 0 aliphatic rings. The van der Waals surface area contributed by atoms with Crippen molar-refractivity contribution in [2.24, 2.45) is 0 Å². The summed E-state index contributed by atoms with van der Waals surface area (Å²) < 4.78 is 24.2. The summed E-state index contributed by atoms with van der Waals surface area (Å²) >= 11 is 0. The zero-order valence-electron chi connectivity index (χ0n) is 13.5. The Kier molecular flexibility index (Phi) is 5.36. The molecule has 0 atom stereocenters. The molecule has 2 N–H and O–H groups in total. The number of carbonyl (C=O) groups excluding carboxylic acids is 2. The zero-order valence-corrected chi connectivity index (χ0v) is 13.5. The lowest BCUT2D eigenvalue weighted by atomic mass is 10.1. The molecule has 0 saturated carbocycles. The Morgan fingerprint density at radius 3 is 2.38 bits per heavy atom. The fourth-order valence-corrected chi connectivity index (χ4v) is 2.08. The lowest BCUT2D eigenvalue weighted by Gasteiger charge is -2.12. The average molecular weight is 332 g/mol. The van der Waals surface area contributed by atoms with Crippen LogP contribution >= 0.6 is 0 Å². The molecule has 24 heavy (non-hydrogen) atoms. The van der Waals surface area contributed by atoms with Gasteiger partial charge in [-0.3, -0.25) is 9.59 Å². The minimum absolute atomic E-state index is 0.0591. The Morgan fingerprint density at radius 1 is 1.00 bits per heavy atom. The number of carbonyl (C=O) groups is 2. The molecule has 0 heterocycles. The fourth-order valence-electron chi connectivity index (χ4n) is 2.08. The van der Waals surface area contributed by atoms with Crippen molar-refractivity contribution >= 4 is 23.2 Å². The van der Waals surface area contributed by atoms with Crippen molar-refractivity contribution < 1.29 is 23.5 Å². The van der Waals surface area contributed by atoms with Crippen LogP contribution < -0.4 is 20.1 Å². The third-order valence-electron chi connectivity index (χ3n) is 3.19. The lowest BCUT2D eigenvalue weighted by Crippen LogP contribution is -2.15. The van der Waals surface area contributed by atoms with Gasteiger partial charge in [0.1, 0.15) is 17.3 Å². The number of methoxy groups -OCH3 is 2. The van der Waals surface area contributed by atoms with E-state index in [0.717, 1.165) is 6.07 Å². The average Bonchev–Trinajstić information content (AvgIpc) is 2.56. The maximum atomic E-state index is 13.9. The number of benzene rings is 2. The van der Waals surface area contributed by atoms with E-state index in [-0.39, 0.29) is 17.2 Å². The van der Waals surface area contributed by atoms with Crippen molar-refractivity contribution in [3.63, 3.8) is 0 Å². The van der Waals surface area contributed by atoms with E-state index in [1.165, 1.54) is 39.3 Å². The van der Waals surface area contributed by atoms with Crippen LogP contribution in [0.4, 0.5) is 15.8 Å². The predicted molar refractivity (Wildman–Crippen MR) is 88.2 cm³/mol. The van der Waals surface area contributed by atoms with Gasteiger partial charge in [-0.05, 0) is 36.4 Å². The standard InChI is InChI=1S/C17H17FN2O4/c1-10(21)19-11-4-6-14(18)15(8-11)20-17(22)13-9-12(23-2)5-7-16(13)24-3/h4-9H,1-3H3,(H,19,21)(H,20,22). The van der Waals surface area contributed by atoms with E-state index in [2.05, 4.69) is 10.6 Å². The third kappa shape index (κ3) is 4.01. The van der Waals surface area contributed by atoms with Gasteiger partial charge in [0.05, 0.1) is 25.5 Å². The Labute approximate surface area is 138 Å². The first-order valence-corrected chi connectivity index (χ1v) is 7.05. The van der Waals surface area contributed by atoms with E-state index in [1.807, 2.05) is 0 Å². The summed E-state index contributed by atoms with van der Waals surface area (Å²) in [4.78, 5) is 23.5. The minimum atomic E-state index is -0.626. The molecule has 0 unspecified atom stereocenters. The highest BCUT2D eigenvalue weighted by atomic mass is 19.1. The summed E-state index contributed by atoms with van der Waals surface area (Å²) in [5.41, 5.74) is 0.508. The number of ether oxygens (including phenoxy) is 2.